The molecule has 2 atom stereocenters. The Balaban J connectivity index is 1.81. The highest BCUT2D eigenvalue weighted by Gasteiger charge is 2.46. The Bertz CT molecular complexity index is 1420. The van der Waals surface area contributed by atoms with Crippen molar-refractivity contribution < 1.29 is 42.2 Å². The molecular formula is C31H37F3N4O6. The zero-order valence-corrected chi connectivity index (χ0v) is 25.1. The summed E-state index contributed by atoms with van der Waals surface area (Å²) in [6.07, 6.45) is -5.55. The second-order valence-corrected chi connectivity index (χ2v) is 11.3. The molecule has 10 nitrogen and oxygen atoms in total. The Labute approximate surface area is 253 Å². The van der Waals surface area contributed by atoms with E-state index in [2.05, 4.69) is 5.32 Å². The van der Waals surface area contributed by atoms with Crippen molar-refractivity contribution in [1.82, 2.24) is 15.1 Å². The normalized spacial score (nSPS) is 19.6. The number of nitrogens with zero attached hydrogens (tertiary/aromatic N) is 3. The van der Waals surface area contributed by atoms with Gasteiger partial charge >= 0.3 is 12.3 Å². The molecule has 2 N–H and O–H groups in total. The number of carboxylic acid groups (broad SMARTS) is 1. The summed E-state index contributed by atoms with van der Waals surface area (Å²) in [6, 6.07) is 10.2. The van der Waals surface area contributed by atoms with Crippen molar-refractivity contribution in [3.63, 3.8) is 0 Å². The molecule has 2 aromatic rings. The van der Waals surface area contributed by atoms with Crippen LogP contribution >= 0.6 is 0 Å². The third-order valence-electron chi connectivity index (χ3n) is 8.11. The van der Waals surface area contributed by atoms with Gasteiger partial charge in [0.05, 0.1) is 22.9 Å². The van der Waals surface area contributed by atoms with Crippen molar-refractivity contribution in [3.8, 4) is 5.75 Å². The largest absolute Gasteiger partial charge is 0.476 e. The molecule has 4 rings (SSSR count). The van der Waals surface area contributed by atoms with Gasteiger partial charge in [-0.1, -0.05) is 37.3 Å². The number of piperidine rings is 1. The van der Waals surface area contributed by atoms with Crippen LogP contribution in [-0.2, 0) is 15.8 Å². The average molecular weight is 619 g/mol. The van der Waals surface area contributed by atoms with Crippen molar-refractivity contribution in [1.29, 1.82) is 0 Å². The average Bonchev–Trinajstić information content (AvgIpc) is 2.98. The molecule has 2 aromatic carbocycles. The molecule has 0 radical (unpaired) electrons. The highest BCUT2D eigenvalue weighted by atomic mass is 19.4. The number of benzene rings is 2. The molecule has 2 aliphatic rings. The first-order valence-electron chi connectivity index (χ1n) is 14.6. The van der Waals surface area contributed by atoms with Crippen LogP contribution in [0.15, 0.2) is 42.5 Å². The van der Waals surface area contributed by atoms with Crippen LogP contribution in [0.3, 0.4) is 0 Å². The van der Waals surface area contributed by atoms with Gasteiger partial charge in [-0.3, -0.25) is 14.4 Å². The third kappa shape index (κ3) is 6.61. The number of ether oxygens (including phenoxy) is 1. The van der Waals surface area contributed by atoms with Crippen LogP contribution in [0.5, 0.6) is 5.75 Å². The van der Waals surface area contributed by atoms with E-state index in [1.165, 1.54) is 28.5 Å². The number of carbonyl (C=O) groups excluding carboxylic acids is 3. The lowest BCUT2D eigenvalue weighted by Gasteiger charge is -2.44. The van der Waals surface area contributed by atoms with Crippen LogP contribution in [0.2, 0.25) is 0 Å². The van der Waals surface area contributed by atoms with E-state index in [-0.39, 0.29) is 62.4 Å². The highest BCUT2D eigenvalue weighted by molar-refractivity contribution is 6.05. The number of amides is 4. The van der Waals surface area contributed by atoms with E-state index in [1.54, 1.807) is 13.8 Å². The molecule has 0 saturated carbocycles. The van der Waals surface area contributed by atoms with Gasteiger partial charge in [0.25, 0.3) is 11.8 Å². The molecule has 0 spiro atoms. The van der Waals surface area contributed by atoms with Gasteiger partial charge in [-0.25, -0.2) is 4.79 Å². The molecule has 1 saturated heterocycles. The maximum absolute atomic E-state index is 14.6. The third-order valence-corrected chi connectivity index (χ3v) is 8.11. The Kier molecular flexibility index (Phi) is 9.45. The maximum atomic E-state index is 14.6. The smallest absolute Gasteiger partial charge is 0.417 e. The van der Waals surface area contributed by atoms with Crippen LogP contribution in [0, 0.1) is 0 Å². The van der Waals surface area contributed by atoms with E-state index < -0.39 is 46.9 Å². The predicted octanol–water partition coefficient (Wildman–Crippen LogP) is 4.73. The minimum Gasteiger partial charge on any atom is -0.476 e. The molecule has 0 bridgehead atoms. The Hall–Kier alpha value is -4.29. The van der Waals surface area contributed by atoms with E-state index in [0.717, 1.165) is 17.7 Å². The number of fused-ring (bicyclic) bond motifs is 1. The minimum atomic E-state index is -4.95. The summed E-state index contributed by atoms with van der Waals surface area (Å²) in [5.74, 6) is -2.30. The number of likely N-dealkylation sites (N-methyl/N-ethyl adjacent to an activating group) is 1. The van der Waals surface area contributed by atoms with Crippen LogP contribution in [0.1, 0.15) is 67.9 Å². The van der Waals surface area contributed by atoms with E-state index in [1.807, 2.05) is 30.3 Å². The lowest BCUT2D eigenvalue weighted by atomic mass is 9.84. The maximum Gasteiger partial charge on any atom is 0.417 e. The number of alkyl halides is 3. The standard InChI is InChI=1S/C31H37F3N4O6/c1-5-26(39)35-13-15-38-23-16-21(22(31(32,33)34)17-25(23)44-30(3,4)28(38)41)27(40)37(6-2)24-18-36(29(42)43)14-12-20(24)19-10-8-7-9-11-19/h7-11,16-17,20,24H,5-6,12-15,18H2,1-4H3,(H,35,39)(H,42,43)/t20-,24+/m1/s1. The van der Waals surface area contributed by atoms with E-state index in [9.17, 15) is 37.5 Å². The molecule has 0 unspecified atom stereocenters. The van der Waals surface area contributed by atoms with Crippen LogP contribution in [0.4, 0.5) is 23.7 Å². The number of likely N-dealkylation sites (tertiary alicyclic amines) is 1. The highest BCUT2D eigenvalue weighted by Crippen LogP contribution is 2.44. The van der Waals surface area contributed by atoms with Gasteiger partial charge in [0.15, 0.2) is 5.60 Å². The molecule has 13 heteroatoms. The van der Waals surface area contributed by atoms with Gasteiger partial charge < -0.3 is 29.9 Å². The quantitative estimate of drug-likeness (QED) is 0.442. The summed E-state index contributed by atoms with van der Waals surface area (Å²) in [5.41, 5.74) is -2.60. The minimum absolute atomic E-state index is 0.00387. The molecule has 2 aliphatic heterocycles. The van der Waals surface area contributed by atoms with Crippen molar-refractivity contribution in [2.24, 2.45) is 0 Å². The molecule has 238 valence electrons. The first kappa shape index (κ1) is 32.6. The number of halogens is 3. The summed E-state index contributed by atoms with van der Waals surface area (Å²) in [5, 5.41) is 12.4. The summed E-state index contributed by atoms with van der Waals surface area (Å²) in [7, 11) is 0. The van der Waals surface area contributed by atoms with Crippen molar-refractivity contribution in [2.45, 2.75) is 64.3 Å². The van der Waals surface area contributed by atoms with Crippen molar-refractivity contribution in [3.05, 3.63) is 59.2 Å². The SMILES string of the molecule is CCC(=O)NCCN1C(=O)C(C)(C)Oc2cc(C(F)(F)F)c(C(=O)N(CC)[C@H]3CN(C(=O)O)CC[C@@H]3c3ccccc3)cc21. The predicted molar refractivity (Wildman–Crippen MR) is 156 cm³/mol. The summed E-state index contributed by atoms with van der Waals surface area (Å²) >= 11 is 0. The summed E-state index contributed by atoms with van der Waals surface area (Å²) in [4.78, 5) is 54.9. The Morgan fingerprint density at radius 1 is 1.14 bits per heavy atom. The molecule has 44 heavy (non-hydrogen) atoms. The second-order valence-electron chi connectivity index (χ2n) is 11.3. The van der Waals surface area contributed by atoms with Gasteiger partial charge in [-0.2, -0.15) is 13.2 Å². The van der Waals surface area contributed by atoms with Crippen LogP contribution in [0.25, 0.3) is 0 Å². The molecule has 0 aliphatic carbocycles. The number of nitrogens with one attached hydrogen (secondary N) is 1. The lowest BCUT2D eigenvalue weighted by Crippen LogP contribution is -2.55. The number of hydrogen-bond donors (Lipinski definition) is 2. The van der Waals surface area contributed by atoms with Gasteiger partial charge in [-0.05, 0) is 44.9 Å². The van der Waals surface area contributed by atoms with Crippen molar-refractivity contribution >= 4 is 29.5 Å². The monoisotopic (exact) mass is 618 g/mol. The van der Waals surface area contributed by atoms with Gasteiger partial charge in [0.2, 0.25) is 5.91 Å². The van der Waals surface area contributed by atoms with Crippen molar-refractivity contribution in [2.75, 3.05) is 37.6 Å². The fraction of sp³-hybridized carbons (Fsp3) is 0.484. The Morgan fingerprint density at radius 2 is 1.82 bits per heavy atom. The first-order valence-corrected chi connectivity index (χ1v) is 14.6. The van der Waals surface area contributed by atoms with E-state index in [0.29, 0.717) is 6.42 Å². The molecule has 2 heterocycles. The number of rotatable bonds is 8. The van der Waals surface area contributed by atoms with E-state index >= 15 is 0 Å². The topological polar surface area (TPSA) is 119 Å². The number of hydrogen-bond acceptors (Lipinski definition) is 5. The number of carbonyl (C=O) groups is 4. The summed E-state index contributed by atoms with van der Waals surface area (Å²) in [6.45, 7) is 6.26. The Morgan fingerprint density at radius 3 is 2.41 bits per heavy atom. The van der Waals surface area contributed by atoms with E-state index in [4.69, 9.17) is 4.74 Å². The lowest BCUT2D eigenvalue weighted by molar-refractivity contribution is -0.138. The zero-order chi connectivity index (χ0) is 32.4. The van der Waals surface area contributed by atoms with Gasteiger partial charge in [0, 0.05) is 45.1 Å². The fourth-order valence-corrected chi connectivity index (χ4v) is 5.87. The second kappa shape index (κ2) is 12.7. The zero-order valence-electron chi connectivity index (χ0n) is 25.1. The summed E-state index contributed by atoms with van der Waals surface area (Å²) < 4.78 is 49.4. The van der Waals surface area contributed by atoms with Crippen LogP contribution < -0.4 is 15.0 Å². The van der Waals surface area contributed by atoms with Crippen LogP contribution in [-0.4, -0.2) is 83.1 Å². The first-order chi connectivity index (χ1) is 20.7. The molecular weight excluding hydrogens is 581 g/mol. The number of anilines is 1. The molecule has 4 amide bonds. The molecule has 1 fully saturated rings. The van der Waals surface area contributed by atoms with Gasteiger partial charge in [-0.15, -0.1) is 0 Å². The molecule has 0 aromatic heterocycles. The van der Waals surface area contributed by atoms with Gasteiger partial charge in [0.1, 0.15) is 5.75 Å². The fourth-order valence-electron chi connectivity index (χ4n) is 5.87.